The molecule has 5 heterocycles. The second-order valence-electron chi connectivity index (χ2n) is 12.6. The average Bonchev–Trinajstić information content (AvgIpc) is 3.97. The van der Waals surface area contributed by atoms with Gasteiger partial charge in [0.05, 0.1) is 11.3 Å². The fraction of sp³-hybridized carbons (Fsp3) is 0. The molecule has 0 unspecified atom stereocenters. The van der Waals surface area contributed by atoms with Crippen LogP contribution in [-0.2, 0) is 21.1 Å². The van der Waals surface area contributed by atoms with E-state index < -0.39 is 0 Å². The minimum atomic E-state index is 0. The van der Waals surface area contributed by atoms with Crippen LogP contribution in [0.15, 0.2) is 155 Å². The Morgan fingerprint density at radius 1 is 0.596 bits per heavy atom. The van der Waals surface area contributed by atoms with Crippen molar-refractivity contribution in [2.24, 2.45) is 0 Å². The van der Waals surface area contributed by atoms with Crippen LogP contribution in [0.25, 0.3) is 71.5 Å². The van der Waals surface area contributed by atoms with Crippen LogP contribution in [0.5, 0.6) is 11.5 Å². The first-order chi connectivity index (χ1) is 25.2. The van der Waals surface area contributed by atoms with E-state index >= 15 is 0 Å². The summed E-state index contributed by atoms with van der Waals surface area (Å²) >= 11 is 0. The van der Waals surface area contributed by atoms with Crippen molar-refractivity contribution in [2.75, 3.05) is 9.80 Å². The van der Waals surface area contributed by atoms with Crippen molar-refractivity contribution in [3.63, 3.8) is 0 Å². The Labute approximate surface area is 311 Å². The maximum atomic E-state index is 6.74. The molecule has 0 spiro atoms. The van der Waals surface area contributed by atoms with Gasteiger partial charge in [-0.1, -0.05) is 71.6 Å². The van der Waals surface area contributed by atoms with Crippen LogP contribution in [-0.4, -0.2) is 9.55 Å². The zero-order chi connectivity index (χ0) is 33.5. The van der Waals surface area contributed by atoms with Crippen LogP contribution in [0.3, 0.4) is 0 Å². The van der Waals surface area contributed by atoms with Crippen LogP contribution >= 0.6 is 0 Å². The molecular weight excluding hydrogens is 828 g/mol. The molecular formula is C44H25N4O3Pt-3. The maximum absolute atomic E-state index is 6.74. The minimum absolute atomic E-state index is 0. The van der Waals surface area contributed by atoms with Gasteiger partial charge in [0.1, 0.15) is 22.6 Å². The van der Waals surface area contributed by atoms with Crippen molar-refractivity contribution in [1.82, 2.24) is 9.55 Å². The Hall–Kier alpha value is -6.30. The van der Waals surface area contributed by atoms with Crippen molar-refractivity contribution >= 4 is 77.1 Å². The summed E-state index contributed by atoms with van der Waals surface area (Å²) in [6.07, 6.45) is 5.85. The van der Waals surface area contributed by atoms with Gasteiger partial charge in [0, 0.05) is 66.4 Å². The molecule has 0 radical (unpaired) electrons. The number of pyridine rings is 1. The zero-order valence-electron chi connectivity index (χ0n) is 27.3. The fourth-order valence-corrected chi connectivity index (χ4v) is 7.22. The molecule has 0 bridgehead atoms. The molecule has 0 N–H and O–H groups in total. The van der Waals surface area contributed by atoms with Crippen LogP contribution in [0, 0.1) is 18.8 Å². The molecule has 6 aromatic carbocycles. The van der Waals surface area contributed by atoms with Crippen LogP contribution < -0.4 is 14.5 Å². The first kappa shape index (κ1) is 30.5. The summed E-state index contributed by atoms with van der Waals surface area (Å²) in [5.41, 5.74) is 6.67. The van der Waals surface area contributed by atoms with E-state index in [-0.39, 0.29) is 21.1 Å². The number of nitrogens with zero attached hydrogens (tertiary/aromatic N) is 4. The smallest absolute Gasteiger partial charge is 0.139 e. The van der Waals surface area contributed by atoms with Crippen molar-refractivity contribution in [1.29, 1.82) is 0 Å². The molecule has 252 valence electrons. The Kier molecular flexibility index (Phi) is 6.98. The van der Waals surface area contributed by atoms with Gasteiger partial charge in [0.25, 0.3) is 0 Å². The van der Waals surface area contributed by atoms with Crippen LogP contribution in [0.4, 0.5) is 11.4 Å². The largest absolute Gasteiger partial charge is 0.512 e. The van der Waals surface area contributed by atoms with E-state index in [9.17, 15) is 0 Å². The van der Waals surface area contributed by atoms with Gasteiger partial charge in [0.2, 0.25) is 0 Å². The minimum Gasteiger partial charge on any atom is -0.512 e. The number of hydrogen-bond acceptors (Lipinski definition) is 6. The molecule has 52 heavy (non-hydrogen) atoms. The molecule has 0 saturated heterocycles. The molecule has 10 aromatic rings. The Morgan fingerprint density at radius 3 is 2.25 bits per heavy atom. The van der Waals surface area contributed by atoms with Gasteiger partial charge >= 0.3 is 0 Å². The summed E-state index contributed by atoms with van der Waals surface area (Å²) in [7, 11) is 0. The molecule has 0 amide bonds. The van der Waals surface area contributed by atoms with E-state index in [1.165, 1.54) is 0 Å². The number of ether oxygens (including phenoxy) is 1. The third-order valence-corrected chi connectivity index (χ3v) is 9.57. The predicted molar refractivity (Wildman–Crippen MR) is 202 cm³/mol. The topological polar surface area (TPSA) is 59.8 Å². The first-order valence-corrected chi connectivity index (χ1v) is 16.7. The van der Waals surface area contributed by atoms with Gasteiger partial charge in [-0.3, -0.25) is 0 Å². The van der Waals surface area contributed by atoms with Gasteiger partial charge < -0.3 is 27.9 Å². The summed E-state index contributed by atoms with van der Waals surface area (Å²) < 4.78 is 21.7. The van der Waals surface area contributed by atoms with E-state index in [1.54, 1.807) is 6.20 Å². The predicted octanol–water partition coefficient (Wildman–Crippen LogP) is 11.3. The summed E-state index contributed by atoms with van der Waals surface area (Å²) in [5.74, 6) is 1.79. The van der Waals surface area contributed by atoms with Gasteiger partial charge in [0.15, 0.2) is 0 Å². The Balaban J connectivity index is 0.00000338. The second kappa shape index (κ2) is 11.9. The number of rotatable bonds is 5. The number of para-hydroxylation sites is 3. The van der Waals surface area contributed by atoms with E-state index in [1.807, 2.05) is 96.8 Å². The molecule has 0 fully saturated rings. The second-order valence-corrected chi connectivity index (χ2v) is 12.6. The molecule has 7 nitrogen and oxygen atoms in total. The number of benzene rings is 6. The number of furan rings is 2. The fourth-order valence-electron chi connectivity index (χ4n) is 7.22. The Bertz CT molecular complexity index is 3000. The molecule has 8 heteroatoms. The van der Waals surface area contributed by atoms with Gasteiger partial charge in [-0.05, 0) is 60.3 Å². The number of aromatic nitrogens is 2. The summed E-state index contributed by atoms with van der Waals surface area (Å²) in [6, 6.07) is 49.9. The molecule has 1 aliphatic heterocycles. The summed E-state index contributed by atoms with van der Waals surface area (Å²) in [5, 5.41) is 6.13. The monoisotopic (exact) mass is 852 g/mol. The molecule has 4 aromatic heterocycles. The maximum Gasteiger partial charge on any atom is 0.139 e. The van der Waals surface area contributed by atoms with Crippen molar-refractivity contribution in [3.8, 4) is 17.3 Å². The van der Waals surface area contributed by atoms with E-state index in [2.05, 4.69) is 81.2 Å². The SMILES string of the molecule is [Pt].[c-]1c(N2C=CN(c3ccccc3)[CH-]2)cc2c(oc3cc4oc5ccccc5c4cc32)c1Oc1[c-]c2c(cc1)c1ccccc1n2-c1ccccn1. The third kappa shape index (κ3) is 4.74. The van der Waals surface area contributed by atoms with Crippen LogP contribution in [0.1, 0.15) is 0 Å². The first-order valence-electron chi connectivity index (χ1n) is 16.7. The van der Waals surface area contributed by atoms with Crippen LogP contribution in [0.2, 0.25) is 0 Å². The van der Waals surface area contributed by atoms with E-state index in [4.69, 9.17) is 13.6 Å². The quantitative estimate of drug-likeness (QED) is 0.161. The molecule has 11 rings (SSSR count). The molecule has 1 aliphatic rings. The number of fused-ring (bicyclic) bond motifs is 9. The Morgan fingerprint density at radius 2 is 1.37 bits per heavy atom. The van der Waals surface area contributed by atoms with Crippen molar-refractivity contribution < 1.29 is 34.6 Å². The van der Waals surface area contributed by atoms with Crippen molar-refractivity contribution in [2.45, 2.75) is 0 Å². The van der Waals surface area contributed by atoms with E-state index in [0.29, 0.717) is 22.7 Å². The number of anilines is 2. The van der Waals surface area contributed by atoms with Crippen molar-refractivity contribution in [3.05, 3.63) is 165 Å². The van der Waals surface area contributed by atoms with Gasteiger partial charge in [-0.15, -0.1) is 42.0 Å². The van der Waals surface area contributed by atoms with E-state index in [0.717, 1.165) is 71.7 Å². The normalized spacial score (nSPS) is 13.0. The standard InChI is InChI=1S/C44H25N4O3.Pt/c1-2-10-28(11-3-1)46-20-21-47(27-46)29-22-36-35-25-34-33-13-5-7-15-39(33)50-40(34)26-41(35)51-44(36)42(23-29)49-30-17-18-32-31-12-4-6-14-37(31)48(38(32)24-30)43-16-8-9-19-45-43;/h1-22,25-27H;/q-3;. The van der Waals surface area contributed by atoms with Gasteiger partial charge in [-0.25, -0.2) is 4.98 Å². The third-order valence-electron chi connectivity index (χ3n) is 9.57. The summed E-state index contributed by atoms with van der Waals surface area (Å²) in [4.78, 5) is 8.79. The number of hydrogen-bond donors (Lipinski definition) is 0. The summed E-state index contributed by atoms with van der Waals surface area (Å²) in [6.45, 7) is 2.03. The average molecular weight is 853 g/mol. The van der Waals surface area contributed by atoms with Gasteiger partial charge in [-0.2, -0.15) is 6.07 Å². The molecule has 0 saturated carbocycles. The zero-order valence-corrected chi connectivity index (χ0v) is 29.5. The molecule has 0 aliphatic carbocycles. The molecule has 0 atom stereocenters.